The van der Waals surface area contributed by atoms with Gasteiger partial charge in [-0.3, -0.25) is 14.8 Å². The number of fused-ring (bicyclic) bond motifs is 1. The van der Waals surface area contributed by atoms with Gasteiger partial charge < -0.3 is 9.64 Å². The number of allylic oxidation sites excluding steroid dienone is 1. The number of amides is 1. The van der Waals surface area contributed by atoms with E-state index in [1.54, 1.807) is 32.3 Å². The number of aromatic nitrogens is 3. The first-order valence-corrected chi connectivity index (χ1v) is 17.0. The Hall–Kier alpha value is -4.56. The highest BCUT2D eigenvalue weighted by Gasteiger charge is 2.32. The first-order chi connectivity index (χ1) is 22.7. The Morgan fingerprint density at radius 2 is 1.79 bits per heavy atom. The number of ether oxygens (including phenoxy) is 1. The molecule has 3 heterocycles. The minimum Gasteiger partial charge on any atom is -0.473 e. The molecule has 1 atom stereocenters. The van der Waals surface area contributed by atoms with Crippen LogP contribution in [-0.2, 0) is 14.6 Å². The maximum atomic E-state index is 14.6. The van der Waals surface area contributed by atoms with Crippen LogP contribution in [-0.4, -0.2) is 91.6 Å². The number of hydrogen-bond donors (Lipinski definition) is 1. The van der Waals surface area contributed by atoms with E-state index >= 15 is 0 Å². The molecule has 1 aliphatic heterocycles. The predicted octanol–water partition coefficient (Wildman–Crippen LogP) is 5.90. The molecular weight excluding hydrogens is 650 g/mol. The standard InChI is InChI=1S/C34H35F4N5O4S/c1-42(2)31(44)7-5-17-43-16-4-6-25(21-43)47-30-15-11-24(20-39-30)32(23-10-14-29-27(18-23)33(35)41-40-29)28(19-34(36,37)38)22-8-12-26(13-9-22)48(3,45)46/h5,7-15,18,20,25H,4,6,16-17,19,21H2,1-3H3,(H,40,41)/b7-5+,32-28-/t25-/m1/s1. The number of H-pyrrole nitrogens is 1. The molecule has 5 rings (SSSR count). The summed E-state index contributed by atoms with van der Waals surface area (Å²) in [5.74, 6) is -0.546. The van der Waals surface area contributed by atoms with E-state index in [0.717, 1.165) is 25.6 Å². The van der Waals surface area contributed by atoms with Gasteiger partial charge in [0, 0.05) is 57.3 Å². The third-order valence-electron chi connectivity index (χ3n) is 7.95. The lowest BCUT2D eigenvalue weighted by molar-refractivity contribution is -0.124. The summed E-state index contributed by atoms with van der Waals surface area (Å²) in [5.41, 5.74) is 1.04. The second-order valence-electron chi connectivity index (χ2n) is 11.9. The number of likely N-dealkylation sites (tertiary alicyclic amines) is 1. The number of piperidine rings is 1. The Morgan fingerprint density at radius 1 is 1.08 bits per heavy atom. The molecule has 9 nitrogen and oxygen atoms in total. The molecule has 1 fully saturated rings. The summed E-state index contributed by atoms with van der Waals surface area (Å²) in [6, 6.07) is 12.9. The Bertz CT molecular complexity index is 1940. The van der Waals surface area contributed by atoms with E-state index in [-0.39, 0.29) is 50.4 Å². The van der Waals surface area contributed by atoms with Gasteiger partial charge in [0.05, 0.1) is 22.2 Å². The highest BCUT2D eigenvalue weighted by Crippen LogP contribution is 2.40. The molecule has 1 aliphatic rings. The van der Waals surface area contributed by atoms with Crippen LogP contribution in [0.15, 0.2) is 77.8 Å². The molecule has 1 saturated heterocycles. The molecule has 0 aliphatic carbocycles. The molecule has 14 heteroatoms. The first kappa shape index (κ1) is 34.8. The molecule has 48 heavy (non-hydrogen) atoms. The minimum absolute atomic E-state index is 0.0384. The van der Waals surface area contributed by atoms with E-state index < -0.39 is 28.4 Å². The van der Waals surface area contributed by atoms with Gasteiger partial charge in [-0.25, -0.2) is 13.4 Å². The third-order valence-corrected chi connectivity index (χ3v) is 9.07. The molecule has 2 aromatic heterocycles. The summed E-state index contributed by atoms with van der Waals surface area (Å²) in [4.78, 5) is 19.9. The van der Waals surface area contributed by atoms with Crippen LogP contribution in [0.25, 0.3) is 22.0 Å². The number of rotatable bonds is 10. The maximum absolute atomic E-state index is 14.6. The van der Waals surface area contributed by atoms with E-state index in [2.05, 4.69) is 20.1 Å². The number of likely N-dealkylation sites (N-methyl/N-ethyl adjacent to an activating group) is 1. The number of nitrogens with zero attached hydrogens (tertiary/aromatic N) is 4. The molecule has 4 aromatic rings. The Kier molecular flexibility index (Phi) is 10.3. The first-order valence-electron chi connectivity index (χ1n) is 15.2. The van der Waals surface area contributed by atoms with Crippen molar-refractivity contribution < 1.29 is 35.5 Å². The lowest BCUT2D eigenvalue weighted by Crippen LogP contribution is -2.41. The molecule has 0 saturated carbocycles. The van der Waals surface area contributed by atoms with Crippen LogP contribution >= 0.6 is 0 Å². The lowest BCUT2D eigenvalue weighted by Gasteiger charge is -2.31. The molecule has 2 aromatic carbocycles. The second kappa shape index (κ2) is 14.3. The van der Waals surface area contributed by atoms with Gasteiger partial charge in [0.15, 0.2) is 9.84 Å². The van der Waals surface area contributed by atoms with Gasteiger partial charge >= 0.3 is 6.18 Å². The fourth-order valence-corrected chi connectivity index (χ4v) is 6.21. The summed E-state index contributed by atoms with van der Waals surface area (Å²) >= 11 is 0. The summed E-state index contributed by atoms with van der Waals surface area (Å²) < 4.78 is 87.3. The summed E-state index contributed by atoms with van der Waals surface area (Å²) in [5, 5.41) is 6.23. The van der Waals surface area contributed by atoms with Crippen LogP contribution in [0.5, 0.6) is 5.88 Å². The molecule has 1 amide bonds. The summed E-state index contributed by atoms with van der Waals surface area (Å²) in [7, 11) is -0.231. The third kappa shape index (κ3) is 8.66. The van der Waals surface area contributed by atoms with Crippen LogP contribution in [0, 0.1) is 5.95 Å². The van der Waals surface area contributed by atoms with Crippen molar-refractivity contribution >= 4 is 37.8 Å². The quantitative estimate of drug-likeness (QED) is 0.126. The fraction of sp³-hybridized carbons (Fsp3) is 0.324. The molecule has 0 radical (unpaired) electrons. The smallest absolute Gasteiger partial charge is 0.393 e. The zero-order valence-corrected chi connectivity index (χ0v) is 27.4. The van der Waals surface area contributed by atoms with Crippen LogP contribution in [0.1, 0.15) is 36.0 Å². The molecule has 0 spiro atoms. The van der Waals surface area contributed by atoms with Gasteiger partial charge in [-0.2, -0.15) is 22.7 Å². The minimum atomic E-state index is -4.64. The highest BCUT2D eigenvalue weighted by molar-refractivity contribution is 7.90. The summed E-state index contributed by atoms with van der Waals surface area (Å²) in [6.07, 6.45) is 1.24. The van der Waals surface area contributed by atoms with E-state index in [1.807, 2.05) is 6.08 Å². The second-order valence-corrected chi connectivity index (χ2v) is 13.9. The van der Waals surface area contributed by atoms with Crippen molar-refractivity contribution in [1.82, 2.24) is 25.0 Å². The van der Waals surface area contributed by atoms with Crippen molar-refractivity contribution in [2.45, 2.75) is 36.4 Å². The van der Waals surface area contributed by atoms with E-state index in [0.29, 0.717) is 24.2 Å². The molecule has 0 unspecified atom stereocenters. The summed E-state index contributed by atoms with van der Waals surface area (Å²) in [6.45, 7) is 2.02. The normalized spacial score (nSPS) is 16.7. The molecule has 0 bridgehead atoms. The molecule has 254 valence electrons. The van der Waals surface area contributed by atoms with Crippen molar-refractivity contribution in [3.05, 3.63) is 95.6 Å². The Balaban J connectivity index is 1.50. The molecule has 1 N–H and O–H groups in total. The topological polar surface area (TPSA) is 108 Å². The van der Waals surface area contributed by atoms with Gasteiger partial charge in [-0.15, -0.1) is 0 Å². The average Bonchev–Trinajstić information content (AvgIpc) is 3.40. The largest absolute Gasteiger partial charge is 0.473 e. The number of benzene rings is 2. The van der Waals surface area contributed by atoms with E-state index in [9.17, 15) is 30.8 Å². The lowest BCUT2D eigenvalue weighted by atomic mass is 9.88. The zero-order chi connectivity index (χ0) is 34.6. The number of carbonyl (C=O) groups excluding carboxylic acids is 1. The number of sulfone groups is 1. The van der Waals surface area contributed by atoms with Gasteiger partial charge in [0.2, 0.25) is 17.7 Å². The Morgan fingerprint density at radius 3 is 2.44 bits per heavy atom. The van der Waals surface area contributed by atoms with Crippen LogP contribution in [0.3, 0.4) is 0 Å². The highest BCUT2D eigenvalue weighted by atomic mass is 32.2. The number of aromatic amines is 1. The monoisotopic (exact) mass is 685 g/mol. The maximum Gasteiger partial charge on any atom is 0.393 e. The predicted molar refractivity (Wildman–Crippen MR) is 174 cm³/mol. The number of alkyl halides is 3. The number of pyridine rings is 1. The number of hydrogen-bond acceptors (Lipinski definition) is 7. The van der Waals surface area contributed by atoms with Crippen LogP contribution < -0.4 is 4.74 Å². The van der Waals surface area contributed by atoms with Crippen molar-refractivity contribution in [1.29, 1.82) is 0 Å². The van der Waals surface area contributed by atoms with Gasteiger partial charge in [-0.1, -0.05) is 24.3 Å². The average molecular weight is 686 g/mol. The Labute approximate surface area is 275 Å². The van der Waals surface area contributed by atoms with Crippen molar-refractivity contribution in [3.8, 4) is 5.88 Å². The fourth-order valence-electron chi connectivity index (χ4n) is 5.58. The van der Waals surface area contributed by atoms with Gasteiger partial charge in [-0.05, 0) is 72.0 Å². The van der Waals surface area contributed by atoms with Crippen molar-refractivity contribution in [2.75, 3.05) is 40.0 Å². The van der Waals surface area contributed by atoms with Gasteiger partial charge in [0.25, 0.3) is 0 Å². The number of carbonyl (C=O) groups is 1. The van der Waals surface area contributed by atoms with Crippen molar-refractivity contribution in [3.63, 3.8) is 0 Å². The SMILES string of the molecule is CN(C)C(=O)/C=C/CN1CCC[C@@H](Oc2ccc(/C(=C(/CC(F)(F)F)c3ccc(S(C)(=O)=O)cc3)c3ccc4n[nH]c(F)c4c3)cn2)C1. The van der Waals surface area contributed by atoms with Gasteiger partial charge in [0.1, 0.15) is 6.10 Å². The number of nitrogens with one attached hydrogen (secondary N) is 1. The van der Waals surface area contributed by atoms with E-state index in [1.165, 1.54) is 53.6 Å². The van der Waals surface area contributed by atoms with E-state index in [4.69, 9.17) is 4.74 Å². The van der Waals surface area contributed by atoms with Crippen LogP contribution in [0.4, 0.5) is 17.6 Å². The molecular formula is C34H35F4N5O4S. The van der Waals surface area contributed by atoms with Crippen molar-refractivity contribution in [2.24, 2.45) is 0 Å². The number of halogens is 4. The van der Waals surface area contributed by atoms with Crippen LogP contribution in [0.2, 0.25) is 0 Å². The zero-order valence-electron chi connectivity index (χ0n) is 26.6.